The molecule has 2 rings (SSSR count). The normalized spacial score (nSPS) is 13.0. The van der Waals surface area contributed by atoms with Crippen molar-refractivity contribution >= 4 is 17.6 Å². The summed E-state index contributed by atoms with van der Waals surface area (Å²) in [6.45, 7) is 7.40. The highest BCUT2D eigenvalue weighted by Gasteiger charge is 2.25. The van der Waals surface area contributed by atoms with E-state index in [0.717, 1.165) is 12.8 Å². The topological polar surface area (TPSA) is 97.6 Å². The Labute approximate surface area is 200 Å². The molecule has 1 amide bonds. The molecule has 0 fully saturated rings. The molecule has 0 aliphatic heterocycles. The van der Waals surface area contributed by atoms with E-state index in [1.54, 1.807) is 26.0 Å². The Bertz CT molecular complexity index is 985. The van der Waals surface area contributed by atoms with Gasteiger partial charge in [-0.15, -0.1) is 0 Å². The van der Waals surface area contributed by atoms with Gasteiger partial charge in [-0.2, -0.15) is 0 Å². The third-order valence-corrected chi connectivity index (χ3v) is 5.68. The lowest BCUT2D eigenvalue weighted by Crippen LogP contribution is -2.53. The van der Waals surface area contributed by atoms with Crippen molar-refractivity contribution in [1.82, 2.24) is 10.6 Å². The second kappa shape index (κ2) is 12.4. The predicted octanol–water partition coefficient (Wildman–Crippen LogP) is 4.67. The van der Waals surface area contributed by atoms with Gasteiger partial charge in [0, 0.05) is 17.7 Å². The van der Waals surface area contributed by atoms with Gasteiger partial charge in [0.1, 0.15) is 11.6 Å². The van der Waals surface area contributed by atoms with Crippen molar-refractivity contribution in [3.05, 3.63) is 71.3 Å². The highest BCUT2D eigenvalue weighted by atomic mass is 19.1. The number of nitrogens with zero attached hydrogens (tertiary/aromatic N) is 1. The van der Waals surface area contributed by atoms with Gasteiger partial charge in [0.2, 0.25) is 0 Å². The minimum absolute atomic E-state index is 0.123. The summed E-state index contributed by atoms with van der Waals surface area (Å²) >= 11 is 0. The van der Waals surface area contributed by atoms with Gasteiger partial charge in [-0.3, -0.25) is 10.1 Å². The van der Waals surface area contributed by atoms with E-state index in [1.807, 2.05) is 13.8 Å². The molecule has 1 unspecified atom stereocenters. The first-order valence-electron chi connectivity index (χ1n) is 11.5. The van der Waals surface area contributed by atoms with E-state index in [4.69, 9.17) is 10.4 Å². The number of benzene rings is 2. The molecule has 8 heteroatoms. The standard InChI is InChI=1S/C26H34F2N4O2/c1-5-17(6-2)23(15-22(29)18-7-11-20(27)12-8-18)30-25(32-26(3,4)16-33)31-24(34)19-9-13-21(28)14-10-19/h7-14,17,23,29,33H,5-6,15-16H2,1-4H3,(H2,30,31,32,34). The third-order valence-electron chi connectivity index (χ3n) is 5.68. The number of guanidine groups is 1. The van der Waals surface area contributed by atoms with Crippen LogP contribution >= 0.6 is 0 Å². The molecule has 184 valence electrons. The lowest BCUT2D eigenvalue weighted by atomic mass is 9.89. The van der Waals surface area contributed by atoms with Crippen LogP contribution in [0.5, 0.6) is 0 Å². The fraction of sp³-hybridized carbons (Fsp3) is 0.423. The first-order chi connectivity index (χ1) is 16.1. The van der Waals surface area contributed by atoms with Gasteiger partial charge in [0.05, 0.1) is 18.2 Å². The van der Waals surface area contributed by atoms with E-state index in [9.17, 15) is 18.7 Å². The fourth-order valence-electron chi connectivity index (χ4n) is 3.53. The van der Waals surface area contributed by atoms with Crippen molar-refractivity contribution in [2.45, 2.75) is 58.5 Å². The van der Waals surface area contributed by atoms with Crippen LogP contribution in [0.1, 0.15) is 62.9 Å². The number of amides is 1. The summed E-state index contributed by atoms with van der Waals surface area (Å²) in [5.41, 5.74) is 0.396. The molecule has 6 nitrogen and oxygen atoms in total. The number of hydrogen-bond donors (Lipinski definition) is 4. The van der Waals surface area contributed by atoms with Crippen molar-refractivity contribution in [3.63, 3.8) is 0 Å². The second-order valence-electron chi connectivity index (χ2n) is 8.94. The summed E-state index contributed by atoms with van der Waals surface area (Å²) in [7, 11) is 0. The predicted molar refractivity (Wildman–Crippen MR) is 131 cm³/mol. The van der Waals surface area contributed by atoms with Gasteiger partial charge in [-0.05, 0) is 61.7 Å². The monoisotopic (exact) mass is 472 g/mol. The number of aliphatic hydroxyl groups is 1. The molecule has 4 N–H and O–H groups in total. The van der Waals surface area contributed by atoms with Gasteiger partial charge >= 0.3 is 0 Å². The molecule has 2 aromatic rings. The van der Waals surface area contributed by atoms with Crippen molar-refractivity contribution in [3.8, 4) is 0 Å². The van der Waals surface area contributed by atoms with Gasteiger partial charge in [0.25, 0.3) is 5.91 Å². The Kier molecular flexibility index (Phi) is 9.86. The Morgan fingerprint density at radius 3 is 1.97 bits per heavy atom. The lowest BCUT2D eigenvalue weighted by molar-refractivity contribution is 0.0974. The first kappa shape index (κ1) is 27.1. The molecule has 34 heavy (non-hydrogen) atoms. The van der Waals surface area contributed by atoms with Crippen LogP contribution in [0.3, 0.4) is 0 Å². The summed E-state index contributed by atoms with van der Waals surface area (Å²) in [6, 6.07) is 10.6. The molecule has 0 saturated carbocycles. The summed E-state index contributed by atoms with van der Waals surface area (Å²) in [5.74, 6) is -1.00. The Morgan fingerprint density at radius 2 is 1.50 bits per heavy atom. The number of nitrogens with one attached hydrogen (secondary N) is 3. The van der Waals surface area contributed by atoms with Gasteiger partial charge in [-0.25, -0.2) is 13.8 Å². The fourth-order valence-corrected chi connectivity index (χ4v) is 3.53. The van der Waals surface area contributed by atoms with Crippen LogP contribution in [0.15, 0.2) is 53.5 Å². The zero-order valence-electron chi connectivity index (χ0n) is 20.2. The van der Waals surface area contributed by atoms with E-state index in [1.165, 1.54) is 36.4 Å². The van der Waals surface area contributed by atoms with E-state index < -0.39 is 17.3 Å². The van der Waals surface area contributed by atoms with Crippen LogP contribution in [-0.2, 0) is 0 Å². The van der Waals surface area contributed by atoms with Crippen LogP contribution in [0.2, 0.25) is 0 Å². The van der Waals surface area contributed by atoms with E-state index >= 15 is 0 Å². The minimum atomic E-state index is -0.780. The van der Waals surface area contributed by atoms with Crippen LogP contribution in [0, 0.1) is 23.0 Å². The summed E-state index contributed by atoms with van der Waals surface area (Å²) in [6.07, 6.45) is 1.91. The zero-order chi connectivity index (χ0) is 25.3. The largest absolute Gasteiger partial charge is 0.394 e. The van der Waals surface area contributed by atoms with Crippen molar-refractivity contribution in [2.24, 2.45) is 10.9 Å². The first-order valence-corrected chi connectivity index (χ1v) is 11.5. The number of carbonyl (C=O) groups is 1. The summed E-state index contributed by atoms with van der Waals surface area (Å²) in [5, 5.41) is 24.1. The number of aliphatic imine (C=N–C) groups is 1. The molecule has 0 aliphatic carbocycles. The van der Waals surface area contributed by atoms with E-state index in [2.05, 4.69) is 10.6 Å². The third kappa shape index (κ3) is 8.02. The van der Waals surface area contributed by atoms with Crippen molar-refractivity contribution < 1.29 is 18.7 Å². The highest BCUT2D eigenvalue weighted by molar-refractivity contribution is 6.06. The molecular formula is C26H34F2N4O2. The number of carbonyl (C=O) groups excluding carboxylic acids is 1. The number of halogens is 2. The smallest absolute Gasteiger partial charge is 0.257 e. The van der Waals surface area contributed by atoms with Gasteiger partial charge in [0.15, 0.2) is 5.96 Å². The van der Waals surface area contributed by atoms with Crippen molar-refractivity contribution in [1.29, 1.82) is 5.41 Å². The van der Waals surface area contributed by atoms with Crippen molar-refractivity contribution in [2.75, 3.05) is 6.61 Å². The van der Waals surface area contributed by atoms with Crippen LogP contribution in [-0.4, -0.2) is 40.9 Å². The quantitative estimate of drug-likeness (QED) is 0.299. The Morgan fingerprint density at radius 1 is 1.00 bits per heavy atom. The maximum Gasteiger partial charge on any atom is 0.257 e. The van der Waals surface area contributed by atoms with Crippen LogP contribution in [0.25, 0.3) is 0 Å². The second-order valence-corrected chi connectivity index (χ2v) is 8.94. The van der Waals surface area contributed by atoms with E-state index in [0.29, 0.717) is 11.3 Å². The molecule has 0 radical (unpaired) electrons. The molecule has 0 spiro atoms. The number of hydrogen-bond acceptors (Lipinski definition) is 4. The average molecular weight is 473 g/mol. The zero-order valence-corrected chi connectivity index (χ0v) is 20.2. The minimum Gasteiger partial charge on any atom is -0.394 e. The average Bonchev–Trinajstić information content (AvgIpc) is 2.80. The molecule has 2 aromatic carbocycles. The molecule has 0 heterocycles. The summed E-state index contributed by atoms with van der Waals surface area (Å²) in [4.78, 5) is 17.6. The number of aliphatic hydroxyl groups excluding tert-OH is 1. The number of rotatable bonds is 10. The Balaban J connectivity index is 2.38. The molecule has 0 aromatic heterocycles. The molecule has 0 bridgehead atoms. The molecule has 0 aliphatic rings. The van der Waals surface area contributed by atoms with E-state index in [-0.39, 0.29) is 42.3 Å². The summed E-state index contributed by atoms with van der Waals surface area (Å²) < 4.78 is 26.6. The Hall–Kier alpha value is -3.13. The maximum absolute atomic E-state index is 13.3. The lowest BCUT2D eigenvalue weighted by Gasteiger charge is -2.29. The highest BCUT2D eigenvalue weighted by Crippen LogP contribution is 2.22. The molecule has 0 saturated heterocycles. The molecular weight excluding hydrogens is 438 g/mol. The molecule has 1 atom stereocenters. The van der Waals surface area contributed by atoms with Crippen LogP contribution in [0.4, 0.5) is 8.78 Å². The SMILES string of the molecule is CCC(CC)C(CC(=N)c1ccc(F)cc1)N=C(NC(=O)c1ccc(F)cc1)NC(C)(C)CO. The maximum atomic E-state index is 13.3. The van der Waals surface area contributed by atoms with Gasteiger partial charge < -0.3 is 15.8 Å². The van der Waals surface area contributed by atoms with Gasteiger partial charge in [-0.1, -0.05) is 38.8 Å². The van der Waals surface area contributed by atoms with Crippen LogP contribution < -0.4 is 10.6 Å².